The molecule has 4 atom stereocenters. The SMILES string of the molecule is C=CC[C@@]12O[C@@H]1[C@H](O[Si](C)(C)C(C)(C)C)C(CO[Si](C)(C)C(C)(C)C)=C(C=O)[C@H]2OC(C)=O. The second-order valence-corrected chi connectivity index (χ2v) is 22.0. The van der Waals surface area contributed by atoms with Gasteiger partial charge in [-0.25, -0.2) is 0 Å². The lowest BCUT2D eigenvalue weighted by molar-refractivity contribution is -0.148. The van der Waals surface area contributed by atoms with Gasteiger partial charge in [-0.05, 0) is 41.8 Å². The van der Waals surface area contributed by atoms with Crippen molar-refractivity contribution in [2.45, 2.75) is 115 Å². The van der Waals surface area contributed by atoms with E-state index in [9.17, 15) is 9.59 Å². The summed E-state index contributed by atoms with van der Waals surface area (Å²) < 4.78 is 25.4. The molecule has 2 aliphatic rings. The summed E-state index contributed by atoms with van der Waals surface area (Å²) in [5.74, 6) is -0.453. The van der Waals surface area contributed by atoms with Crippen LogP contribution in [0.25, 0.3) is 0 Å². The lowest BCUT2D eigenvalue weighted by Gasteiger charge is -2.43. The average Bonchev–Trinajstić information content (AvgIpc) is 3.35. The zero-order chi connectivity index (χ0) is 25.6. The van der Waals surface area contributed by atoms with Crippen LogP contribution in [0.2, 0.25) is 36.3 Å². The highest BCUT2D eigenvalue weighted by Gasteiger charge is 2.70. The van der Waals surface area contributed by atoms with E-state index in [1.54, 1.807) is 6.08 Å². The quantitative estimate of drug-likeness (QED) is 0.137. The fraction of sp³-hybridized carbons (Fsp3) is 0.760. The summed E-state index contributed by atoms with van der Waals surface area (Å²) in [6.07, 6.45) is 1.45. The minimum Gasteiger partial charge on any atom is -0.454 e. The molecule has 0 aromatic rings. The fourth-order valence-corrected chi connectivity index (χ4v) is 5.94. The number of esters is 1. The summed E-state index contributed by atoms with van der Waals surface area (Å²) in [7, 11) is -4.33. The van der Waals surface area contributed by atoms with Crippen LogP contribution in [-0.4, -0.2) is 59.4 Å². The highest BCUT2D eigenvalue weighted by atomic mass is 28.4. The van der Waals surface area contributed by atoms with Gasteiger partial charge >= 0.3 is 5.97 Å². The highest BCUT2D eigenvalue weighted by Crippen LogP contribution is 2.55. The summed E-state index contributed by atoms with van der Waals surface area (Å²) in [4.78, 5) is 24.5. The Labute approximate surface area is 202 Å². The van der Waals surface area contributed by atoms with Gasteiger partial charge in [0.25, 0.3) is 0 Å². The summed E-state index contributed by atoms with van der Waals surface area (Å²) in [5.41, 5.74) is 0.327. The molecule has 0 bridgehead atoms. The first-order valence-electron chi connectivity index (χ1n) is 11.8. The number of hydrogen-bond donors (Lipinski definition) is 0. The number of hydrogen-bond acceptors (Lipinski definition) is 6. The van der Waals surface area contributed by atoms with E-state index in [1.165, 1.54) is 6.92 Å². The molecule has 0 aromatic carbocycles. The normalized spacial score (nSPS) is 28.3. The van der Waals surface area contributed by atoms with Crippen LogP contribution < -0.4 is 0 Å². The van der Waals surface area contributed by atoms with Crippen molar-refractivity contribution < 1.29 is 27.9 Å². The number of carbonyl (C=O) groups is 2. The molecule has 0 aromatic heterocycles. The Hall–Kier alpha value is -1.07. The first-order chi connectivity index (χ1) is 14.8. The monoisotopic (exact) mass is 496 g/mol. The third-order valence-electron chi connectivity index (χ3n) is 7.98. The van der Waals surface area contributed by atoms with E-state index in [0.29, 0.717) is 12.0 Å². The van der Waals surface area contributed by atoms with E-state index >= 15 is 0 Å². The predicted molar refractivity (Wildman–Crippen MR) is 136 cm³/mol. The highest BCUT2D eigenvalue weighted by molar-refractivity contribution is 6.74. The van der Waals surface area contributed by atoms with E-state index in [-0.39, 0.29) is 22.8 Å². The van der Waals surface area contributed by atoms with Crippen molar-refractivity contribution in [2.24, 2.45) is 0 Å². The molecule has 188 valence electrons. The zero-order valence-corrected chi connectivity index (χ0v) is 24.5. The van der Waals surface area contributed by atoms with Crippen LogP contribution in [0.4, 0.5) is 0 Å². The van der Waals surface area contributed by atoms with Crippen molar-refractivity contribution >= 4 is 28.9 Å². The number of epoxide rings is 1. The van der Waals surface area contributed by atoms with E-state index in [4.69, 9.17) is 18.3 Å². The largest absolute Gasteiger partial charge is 0.454 e. The number of ether oxygens (including phenoxy) is 2. The van der Waals surface area contributed by atoms with E-state index < -0.39 is 40.4 Å². The second-order valence-electron chi connectivity index (χ2n) is 12.4. The van der Waals surface area contributed by atoms with Gasteiger partial charge in [0, 0.05) is 18.9 Å². The van der Waals surface area contributed by atoms with E-state index in [0.717, 1.165) is 11.9 Å². The van der Waals surface area contributed by atoms with Crippen molar-refractivity contribution in [2.75, 3.05) is 6.61 Å². The van der Waals surface area contributed by atoms with Crippen LogP contribution in [0.1, 0.15) is 54.9 Å². The molecule has 0 N–H and O–H groups in total. The molecule has 0 unspecified atom stereocenters. The van der Waals surface area contributed by atoms with Crippen molar-refractivity contribution in [1.82, 2.24) is 0 Å². The van der Waals surface area contributed by atoms with Crippen molar-refractivity contribution in [1.29, 1.82) is 0 Å². The van der Waals surface area contributed by atoms with Crippen molar-refractivity contribution in [3.8, 4) is 0 Å². The molecule has 1 heterocycles. The minimum atomic E-state index is -2.22. The van der Waals surface area contributed by atoms with E-state index in [1.807, 2.05) is 0 Å². The Balaban J connectivity index is 2.60. The molecule has 0 radical (unpaired) electrons. The topological polar surface area (TPSA) is 74.4 Å². The maximum absolute atomic E-state index is 12.5. The van der Waals surface area contributed by atoms with Crippen LogP contribution in [-0.2, 0) is 27.9 Å². The first-order valence-corrected chi connectivity index (χ1v) is 17.6. The van der Waals surface area contributed by atoms with Gasteiger partial charge in [-0.1, -0.05) is 47.6 Å². The molecule has 33 heavy (non-hydrogen) atoms. The zero-order valence-electron chi connectivity index (χ0n) is 22.5. The molecule has 8 heteroatoms. The van der Waals surface area contributed by atoms with Gasteiger partial charge in [-0.3, -0.25) is 9.59 Å². The van der Waals surface area contributed by atoms with Gasteiger partial charge in [0.05, 0.1) is 12.7 Å². The maximum atomic E-state index is 12.5. The third-order valence-corrected chi connectivity index (χ3v) is 16.9. The molecule has 0 amide bonds. The lowest BCUT2D eigenvalue weighted by Crippen LogP contribution is -2.53. The Kier molecular flexibility index (Phi) is 7.84. The molecular weight excluding hydrogens is 452 g/mol. The van der Waals surface area contributed by atoms with Gasteiger partial charge in [0.1, 0.15) is 18.0 Å². The number of fused-ring (bicyclic) bond motifs is 1. The standard InChI is InChI=1S/C25H44O6Si2/c1-13-14-25-21(29-17(2)27)18(15-26)19(16-28-32(9,10)23(3,4)5)20(22(25)30-25)31-33(11,12)24(6,7)8/h13,15,20-22H,1,14,16H2,2-12H3/t20-,21-,22-,25+/m1/s1. The molecule has 0 spiro atoms. The second kappa shape index (κ2) is 9.18. The van der Waals surface area contributed by atoms with Crippen LogP contribution in [0.3, 0.4) is 0 Å². The smallest absolute Gasteiger partial charge is 0.303 e. The summed E-state index contributed by atoms with van der Waals surface area (Å²) in [5, 5.41) is -0.0141. The summed E-state index contributed by atoms with van der Waals surface area (Å²) in [6, 6.07) is 0. The Bertz CT molecular complexity index is 818. The number of aldehydes is 1. The average molecular weight is 497 g/mol. The van der Waals surface area contributed by atoms with Gasteiger partial charge < -0.3 is 18.3 Å². The van der Waals surface area contributed by atoms with Crippen LogP contribution in [0, 0.1) is 0 Å². The van der Waals surface area contributed by atoms with Gasteiger partial charge in [-0.2, -0.15) is 0 Å². The molecule has 1 aliphatic heterocycles. The number of carbonyl (C=O) groups excluding carboxylic acids is 2. The maximum Gasteiger partial charge on any atom is 0.303 e. The van der Waals surface area contributed by atoms with Gasteiger partial charge in [0.15, 0.2) is 22.7 Å². The van der Waals surface area contributed by atoms with Crippen LogP contribution in [0.5, 0.6) is 0 Å². The van der Waals surface area contributed by atoms with E-state index in [2.05, 4.69) is 74.3 Å². The molecule has 6 nitrogen and oxygen atoms in total. The van der Waals surface area contributed by atoms with Crippen molar-refractivity contribution in [3.63, 3.8) is 0 Å². The Morgan fingerprint density at radius 3 is 2.06 bits per heavy atom. The summed E-state index contributed by atoms with van der Waals surface area (Å²) in [6.45, 7) is 27.3. The van der Waals surface area contributed by atoms with Crippen molar-refractivity contribution in [3.05, 3.63) is 23.8 Å². The van der Waals surface area contributed by atoms with Gasteiger partial charge in [-0.15, -0.1) is 6.58 Å². The molecular formula is C25H44O6Si2. The predicted octanol–water partition coefficient (Wildman–Crippen LogP) is 5.55. The molecule has 1 saturated heterocycles. The first kappa shape index (κ1) is 28.2. The Morgan fingerprint density at radius 2 is 1.64 bits per heavy atom. The number of rotatable bonds is 9. The third kappa shape index (κ3) is 5.45. The molecule has 0 saturated carbocycles. The van der Waals surface area contributed by atoms with Gasteiger partial charge in [0.2, 0.25) is 0 Å². The van der Waals surface area contributed by atoms with Crippen LogP contribution >= 0.6 is 0 Å². The fourth-order valence-electron chi connectivity index (χ4n) is 3.74. The van der Waals surface area contributed by atoms with Crippen LogP contribution in [0.15, 0.2) is 23.8 Å². The molecule has 2 rings (SSSR count). The summed E-state index contributed by atoms with van der Waals surface area (Å²) >= 11 is 0. The minimum absolute atomic E-state index is 0.0112. The Morgan fingerprint density at radius 1 is 1.09 bits per heavy atom. The lowest BCUT2D eigenvalue weighted by atomic mass is 9.78. The molecule has 1 fully saturated rings. The molecule has 1 aliphatic carbocycles.